The molecule has 0 aliphatic carbocycles. The lowest BCUT2D eigenvalue weighted by atomic mass is 10.1. The van der Waals surface area contributed by atoms with E-state index in [0.717, 1.165) is 12.2 Å². The smallest absolute Gasteiger partial charge is 0.254 e. The van der Waals surface area contributed by atoms with E-state index in [2.05, 4.69) is 24.3 Å². The molecule has 0 aliphatic heterocycles. The van der Waals surface area contributed by atoms with E-state index in [4.69, 9.17) is 5.84 Å². The van der Waals surface area contributed by atoms with Gasteiger partial charge in [-0.2, -0.15) is 0 Å². The Hall–Kier alpha value is -1.62. The molecule has 1 rings (SSSR count). The summed E-state index contributed by atoms with van der Waals surface area (Å²) in [4.78, 5) is 19.1. The van der Waals surface area contributed by atoms with Gasteiger partial charge in [0.25, 0.3) is 5.91 Å². The van der Waals surface area contributed by atoms with Crippen molar-refractivity contribution in [3.8, 4) is 0 Å². The van der Waals surface area contributed by atoms with Crippen molar-refractivity contribution in [2.24, 2.45) is 11.8 Å². The number of nitrogen functional groups attached to an aromatic ring is 1. The summed E-state index contributed by atoms with van der Waals surface area (Å²) in [7, 11) is 0. The molecule has 118 valence electrons. The highest BCUT2D eigenvalue weighted by Gasteiger charge is 2.21. The normalized spacial score (nSPS) is 11.3. The summed E-state index contributed by atoms with van der Waals surface area (Å²) >= 11 is 0. The molecule has 1 aromatic heterocycles. The van der Waals surface area contributed by atoms with E-state index in [1.165, 1.54) is 0 Å². The highest BCUT2D eigenvalue weighted by Crippen LogP contribution is 2.19. The van der Waals surface area contributed by atoms with Gasteiger partial charge in [0.1, 0.15) is 5.82 Å². The van der Waals surface area contributed by atoms with Gasteiger partial charge >= 0.3 is 0 Å². The average Bonchev–Trinajstić information content (AvgIpc) is 2.42. The zero-order chi connectivity index (χ0) is 16.2. The molecule has 1 aromatic rings. The Morgan fingerprint density at radius 1 is 1.24 bits per heavy atom. The van der Waals surface area contributed by atoms with Crippen molar-refractivity contribution in [2.45, 2.75) is 53.5 Å². The lowest BCUT2D eigenvalue weighted by Crippen LogP contribution is -2.39. The van der Waals surface area contributed by atoms with E-state index in [1.54, 1.807) is 6.07 Å². The fourth-order valence-corrected chi connectivity index (χ4v) is 2.13. The number of hydrogen-bond acceptors (Lipinski definition) is 4. The molecule has 0 aromatic carbocycles. The lowest BCUT2D eigenvalue weighted by molar-refractivity contribution is 0.0681. The van der Waals surface area contributed by atoms with Crippen LogP contribution in [0.3, 0.4) is 0 Å². The molecular formula is C16H28N4O. The van der Waals surface area contributed by atoms with Crippen molar-refractivity contribution in [1.82, 2.24) is 9.88 Å². The Morgan fingerprint density at radius 3 is 2.29 bits per heavy atom. The minimum Gasteiger partial charge on any atom is -0.336 e. The van der Waals surface area contributed by atoms with Gasteiger partial charge < -0.3 is 10.3 Å². The van der Waals surface area contributed by atoms with Gasteiger partial charge in [0, 0.05) is 23.8 Å². The van der Waals surface area contributed by atoms with Gasteiger partial charge in [0.05, 0.1) is 0 Å². The minimum atomic E-state index is 0.0273. The number of rotatable bonds is 6. The predicted molar refractivity (Wildman–Crippen MR) is 87.1 cm³/mol. The number of nitrogens with one attached hydrogen (secondary N) is 1. The van der Waals surface area contributed by atoms with Crippen LogP contribution in [0, 0.1) is 5.92 Å². The first-order valence-electron chi connectivity index (χ1n) is 7.55. The van der Waals surface area contributed by atoms with Crippen LogP contribution in [0.4, 0.5) is 5.82 Å². The number of hydrazine groups is 1. The Labute approximate surface area is 127 Å². The molecule has 0 fully saturated rings. The number of nitrogens with zero attached hydrogens (tertiary/aromatic N) is 2. The van der Waals surface area contributed by atoms with E-state index in [9.17, 15) is 4.79 Å². The molecule has 0 spiro atoms. The Morgan fingerprint density at radius 2 is 1.86 bits per heavy atom. The fourth-order valence-electron chi connectivity index (χ4n) is 2.13. The molecule has 21 heavy (non-hydrogen) atoms. The molecule has 5 nitrogen and oxygen atoms in total. The van der Waals surface area contributed by atoms with Gasteiger partial charge in [-0.05, 0) is 37.8 Å². The van der Waals surface area contributed by atoms with Gasteiger partial charge in [-0.3, -0.25) is 4.79 Å². The fraction of sp³-hybridized carbons (Fsp3) is 0.625. The predicted octanol–water partition coefficient (Wildman–Crippen LogP) is 3.00. The molecule has 0 bridgehead atoms. The summed E-state index contributed by atoms with van der Waals surface area (Å²) in [5.41, 5.74) is 4.04. The molecule has 0 radical (unpaired) electrons. The van der Waals surface area contributed by atoms with Crippen LogP contribution in [0.25, 0.3) is 0 Å². The number of carbonyl (C=O) groups excluding carboxylic acids is 1. The molecule has 1 amide bonds. The summed E-state index contributed by atoms with van der Waals surface area (Å²) in [6, 6.07) is 3.73. The average molecular weight is 292 g/mol. The van der Waals surface area contributed by atoms with Crippen LogP contribution in [0.15, 0.2) is 12.1 Å². The number of hydrogen-bond donors (Lipinski definition) is 2. The third-order valence-corrected chi connectivity index (χ3v) is 3.28. The van der Waals surface area contributed by atoms with E-state index < -0.39 is 0 Å². The van der Waals surface area contributed by atoms with E-state index >= 15 is 0 Å². The number of aromatic nitrogens is 1. The van der Waals surface area contributed by atoms with Crippen molar-refractivity contribution < 1.29 is 4.79 Å². The first-order valence-corrected chi connectivity index (χ1v) is 7.55. The zero-order valence-corrected chi connectivity index (χ0v) is 14.0. The largest absolute Gasteiger partial charge is 0.336 e. The quantitative estimate of drug-likeness (QED) is 0.624. The first kappa shape index (κ1) is 17.4. The number of anilines is 1. The second-order valence-corrected chi connectivity index (χ2v) is 6.41. The Kier molecular flexibility index (Phi) is 6.15. The van der Waals surface area contributed by atoms with Crippen LogP contribution in [0.1, 0.15) is 63.5 Å². The van der Waals surface area contributed by atoms with Crippen LogP contribution in [-0.2, 0) is 0 Å². The summed E-state index contributed by atoms with van der Waals surface area (Å²) in [5.74, 6) is 6.68. The van der Waals surface area contributed by atoms with Crippen LogP contribution in [0.2, 0.25) is 0 Å². The van der Waals surface area contributed by atoms with Crippen LogP contribution in [-0.4, -0.2) is 28.4 Å². The SMILES string of the molecule is CC(C)CN(C(=O)c1cc(NN)nc(C(C)C)c1)C(C)C. The first-order chi connectivity index (χ1) is 9.76. The van der Waals surface area contributed by atoms with Gasteiger partial charge in [-0.1, -0.05) is 27.7 Å². The molecule has 5 heteroatoms. The summed E-state index contributed by atoms with van der Waals surface area (Å²) < 4.78 is 0. The summed E-state index contributed by atoms with van der Waals surface area (Å²) in [6.07, 6.45) is 0. The van der Waals surface area contributed by atoms with Crippen molar-refractivity contribution in [3.05, 3.63) is 23.4 Å². The number of amides is 1. The monoisotopic (exact) mass is 292 g/mol. The highest BCUT2D eigenvalue weighted by atomic mass is 16.2. The van der Waals surface area contributed by atoms with Crippen molar-refractivity contribution >= 4 is 11.7 Å². The highest BCUT2D eigenvalue weighted by molar-refractivity contribution is 5.95. The molecule has 0 unspecified atom stereocenters. The lowest BCUT2D eigenvalue weighted by Gasteiger charge is -2.29. The third kappa shape index (κ3) is 4.70. The van der Waals surface area contributed by atoms with E-state index in [0.29, 0.717) is 17.3 Å². The van der Waals surface area contributed by atoms with E-state index in [-0.39, 0.29) is 17.9 Å². The maximum absolute atomic E-state index is 12.8. The van der Waals surface area contributed by atoms with Gasteiger partial charge in [0.15, 0.2) is 0 Å². The molecule has 0 aliphatic rings. The topological polar surface area (TPSA) is 71.2 Å². The summed E-state index contributed by atoms with van der Waals surface area (Å²) in [5, 5.41) is 0. The standard InChI is InChI=1S/C16H28N4O/c1-10(2)9-20(12(5)6)16(21)13-7-14(11(3)4)18-15(8-13)19-17/h7-8,10-12H,9,17H2,1-6H3,(H,18,19). The van der Waals surface area contributed by atoms with Crippen LogP contribution in [0.5, 0.6) is 0 Å². The van der Waals surface area contributed by atoms with Crippen molar-refractivity contribution in [1.29, 1.82) is 0 Å². The van der Waals surface area contributed by atoms with Gasteiger partial charge in [0.2, 0.25) is 0 Å². The summed E-state index contributed by atoms with van der Waals surface area (Å²) in [6.45, 7) is 13.1. The van der Waals surface area contributed by atoms with Crippen LogP contribution < -0.4 is 11.3 Å². The van der Waals surface area contributed by atoms with Crippen molar-refractivity contribution in [2.75, 3.05) is 12.0 Å². The van der Waals surface area contributed by atoms with Crippen molar-refractivity contribution in [3.63, 3.8) is 0 Å². The second kappa shape index (κ2) is 7.41. The maximum atomic E-state index is 12.8. The molecule has 1 heterocycles. The van der Waals surface area contributed by atoms with Crippen LogP contribution >= 0.6 is 0 Å². The molecule has 3 N–H and O–H groups in total. The van der Waals surface area contributed by atoms with Gasteiger partial charge in [-0.25, -0.2) is 10.8 Å². The number of carbonyl (C=O) groups is 1. The zero-order valence-electron chi connectivity index (χ0n) is 14.0. The molecule has 0 atom stereocenters. The number of pyridine rings is 1. The number of nitrogens with two attached hydrogens (primary N) is 1. The molecule has 0 saturated carbocycles. The second-order valence-electron chi connectivity index (χ2n) is 6.41. The molecular weight excluding hydrogens is 264 g/mol. The minimum absolute atomic E-state index is 0.0273. The Bertz CT molecular complexity index is 483. The van der Waals surface area contributed by atoms with E-state index in [1.807, 2.05) is 38.7 Å². The maximum Gasteiger partial charge on any atom is 0.254 e. The third-order valence-electron chi connectivity index (χ3n) is 3.28. The van der Waals surface area contributed by atoms with Gasteiger partial charge in [-0.15, -0.1) is 0 Å². The Balaban J connectivity index is 3.17. The molecule has 0 saturated heterocycles.